The first-order valence-corrected chi connectivity index (χ1v) is 7.72. The minimum absolute atomic E-state index is 0.356. The highest BCUT2D eigenvalue weighted by molar-refractivity contribution is 8.07. The fraction of sp³-hybridized carbons (Fsp3) is 0.500. The standard InChI is InChI=1S/C10H14NO4PS/c1-8-5-9-7-14-16(17,13-4-3-12-2)15-10(9)11-6-8/h5-6H,3-4,7H2,1-2H3. The molecule has 1 atom stereocenters. The molecule has 0 N–H and O–H groups in total. The van der Waals surface area contributed by atoms with E-state index in [1.165, 1.54) is 0 Å². The number of hydrogen-bond donors (Lipinski definition) is 0. The molecule has 0 saturated heterocycles. The summed E-state index contributed by atoms with van der Waals surface area (Å²) in [6.45, 7) is 0.463. The number of nitrogens with zero attached hydrogens (tertiary/aromatic N) is 1. The van der Waals surface area contributed by atoms with Crippen molar-refractivity contribution >= 4 is 18.5 Å². The predicted octanol–water partition coefficient (Wildman–Crippen LogP) is 2.19. The number of hydrogen-bond acceptors (Lipinski definition) is 6. The summed E-state index contributed by atoms with van der Waals surface area (Å²) in [4.78, 5) is 4.19. The zero-order valence-corrected chi connectivity index (χ0v) is 11.4. The van der Waals surface area contributed by atoms with Gasteiger partial charge in [0.25, 0.3) is 0 Å². The van der Waals surface area contributed by atoms with Gasteiger partial charge < -0.3 is 9.26 Å². The van der Waals surface area contributed by atoms with Gasteiger partial charge in [0.1, 0.15) is 0 Å². The van der Waals surface area contributed by atoms with E-state index in [0.717, 1.165) is 11.1 Å². The van der Waals surface area contributed by atoms with Crippen LogP contribution in [0.5, 0.6) is 5.88 Å². The average molecular weight is 275 g/mol. The Morgan fingerprint density at radius 3 is 3.12 bits per heavy atom. The molecule has 5 nitrogen and oxygen atoms in total. The fourth-order valence-corrected chi connectivity index (χ4v) is 3.12. The van der Waals surface area contributed by atoms with Crippen molar-refractivity contribution in [3.05, 3.63) is 23.4 Å². The second-order valence-corrected chi connectivity index (χ2v) is 6.55. The first kappa shape index (κ1) is 12.9. The summed E-state index contributed by atoms with van der Waals surface area (Å²) < 4.78 is 21.3. The number of aromatic nitrogens is 1. The quantitative estimate of drug-likeness (QED) is 0.620. The van der Waals surface area contributed by atoms with Crippen molar-refractivity contribution in [2.45, 2.75) is 13.5 Å². The molecule has 0 spiro atoms. The highest BCUT2D eigenvalue weighted by atomic mass is 32.5. The summed E-state index contributed by atoms with van der Waals surface area (Å²) in [5.74, 6) is 0.516. The zero-order valence-electron chi connectivity index (χ0n) is 9.71. The Kier molecular flexibility index (Phi) is 4.12. The molecule has 0 saturated carbocycles. The van der Waals surface area contributed by atoms with Crippen molar-refractivity contribution in [1.29, 1.82) is 0 Å². The lowest BCUT2D eigenvalue weighted by Crippen LogP contribution is -2.12. The molecule has 94 valence electrons. The number of fused-ring (bicyclic) bond motifs is 1. The molecule has 1 aliphatic rings. The summed E-state index contributed by atoms with van der Waals surface area (Å²) in [7, 11) is 1.60. The minimum Gasteiger partial charge on any atom is -0.405 e. The molecule has 2 rings (SSSR count). The van der Waals surface area contributed by atoms with E-state index in [4.69, 9.17) is 30.1 Å². The van der Waals surface area contributed by atoms with Crippen LogP contribution in [0.1, 0.15) is 11.1 Å². The minimum atomic E-state index is -2.70. The van der Waals surface area contributed by atoms with Crippen LogP contribution in [0.15, 0.2) is 12.3 Å². The number of methoxy groups -OCH3 is 1. The molecule has 17 heavy (non-hydrogen) atoms. The van der Waals surface area contributed by atoms with E-state index >= 15 is 0 Å². The van der Waals surface area contributed by atoms with Crippen molar-refractivity contribution in [2.24, 2.45) is 0 Å². The maximum Gasteiger partial charge on any atom is 0.382 e. The van der Waals surface area contributed by atoms with Crippen LogP contribution < -0.4 is 4.52 Å². The van der Waals surface area contributed by atoms with Gasteiger partial charge in [0.2, 0.25) is 5.88 Å². The Labute approximate surface area is 105 Å². The molecule has 2 heterocycles. The van der Waals surface area contributed by atoms with Crippen molar-refractivity contribution in [3.8, 4) is 5.88 Å². The van der Waals surface area contributed by atoms with Gasteiger partial charge in [-0.05, 0) is 18.6 Å². The molecule has 7 heteroatoms. The van der Waals surface area contributed by atoms with Gasteiger partial charge >= 0.3 is 6.72 Å². The third-order valence-corrected chi connectivity index (χ3v) is 4.37. The molecule has 0 fully saturated rings. The van der Waals surface area contributed by atoms with Crippen LogP contribution in [-0.2, 0) is 32.2 Å². The van der Waals surface area contributed by atoms with Gasteiger partial charge in [0.05, 0.1) is 19.8 Å². The third-order valence-electron chi connectivity index (χ3n) is 2.18. The van der Waals surface area contributed by atoms with E-state index in [2.05, 4.69) is 4.98 Å². The van der Waals surface area contributed by atoms with Gasteiger partial charge in [-0.15, -0.1) is 0 Å². The molecule has 0 radical (unpaired) electrons. The van der Waals surface area contributed by atoms with Crippen LogP contribution in [0, 0.1) is 6.92 Å². The number of rotatable bonds is 4. The van der Waals surface area contributed by atoms with Crippen molar-refractivity contribution in [3.63, 3.8) is 0 Å². The molecule has 1 aromatic rings. The van der Waals surface area contributed by atoms with Crippen LogP contribution >= 0.6 is 6.72 Å². The van der Waals surface area contributed by atoms with E-state index in [9.17, 15) is 0 Å². The Morgan fingerprint density at radius 1 is 1.53 bits per heavy atom. The van der Waals surface area contributed by atoms with Crippen molar-refractivity contribution in [1.82, 2.24) is 4.98 Å². The van der Waals surface area contributed by atoms with E-state index < -0.39 is 6.72 Å². The Bertz CT molecular complexity index is 454. The Balaban J connectivity index is 2.07. The summed E-state index contributed by atoms with van der Waals surface area (Å²) >= 11 is 5.22. The maximum atomic E-state index is 5.54. The second kappa shape index (κ2) is 5.42. The van der Waals surface area contributed by atoms with Gasteiger partial charge in [-0.1, -0.05) is 0 Å². The van der Waals surface area contributed by atoms with Crippen molar-refractivity contribution in [2.75, 3.05) is 20.3 Å². The van der Waals surface area contributed by atoms with Gasteiger partial charge in [0, 0.05) is 30.7 Å². The summed E-state index contributed by atoms with van der Waals surface area (Å²) in [5.41, 5.74) is 1.97. The lowest BCUT2D eigenvalue weighted by atomic mass is 10.2. The molecule has 0 bridgehead atoms. The number of pyridine rings is 1. The molecule has 0 aromatic carbocycles. The molecule has 0 aliphatic carbocycles. The fourth-order valence-electron chi connectivity index (χ4n) is 1.38. The molecule has 1 unspecified atom stereocenters. The SMILES string of the molecule is COCCOP1(=S)OCc2cc(C)cnc2O1. The molecule has 1 aliphatic heterocycles. The summed E-state index contributed by atoms with van der Waals surface area (Å²) in [5, 5.41) is 0. The molecule has 1 aromatic heterocycles. The lowest BCUT2D eigenvalue weighted by Gasteiger charge is -2.27. The van der Waals surface area contributed by atoms with Crippen LogP contribution in [0.4, 0.5) is 0 Å². The molecular formula is C10H14NO4PS. The summed E-state index contributed by atoms with van der Waals surface area (Å²) in [6, 6.07) is 1.97. The van der Waals surface area contributed by atoms with Crippen molar-refractivity contribution < 1.29 is 18.3 Å². The van der Waals surface area contributed by atoms with Crippen LogP contribution in [0.2, 0.25) is 0 Å². The number of aryl methyl sites for hydroxylation is 1. The van der Waals surface area contributed by atoms with E-state index in [-0.39, 0.29) is 0 Å². The Morgan fingerprint density at radius 2 is 2.35 bits per heavy atom. The third kappa shape index (κ3) is 3.24. The smallest absolute Gasteiger partial charge is 0.382 e. The first-order chi connectivity index (χ1) is 8.13. The van der Waals surface area contributed by atoms with Crippen LogP contribution in [0.3, 0.4) is 0 Å². The van der Waals surface area contributed by atoms with Gasteiger partial charge in [-0.25, -0.2) is 4.98 Å². The highest BCUT2D eigenvalue weighted by Crippen LogP contribution is 2.54. The number of ether oxygens (including phenoxy) is 1. The predicted molar refractivity (Wildman–Crippen MR) is 66.5 cm³/mol. The van der Waals surface area contributed by atoms with Gasteiger partial charge in [-0.2, -0.15) is 0 Å². The topological polar surface area (TPSA) is 49.8 Å². The molecular weight excluding hydrogens is 261 g/mol. The van der Waals surface area contributed by atoms with Gasteiger partial charge in [0.15, 0.2) is 0 Å². The maximum absolute atomic E-state index is 5.54. The zero-order chi connectivity index (χ0) is 12.3. The summed E-state index contributed by atoms with van der Waals surface area (Å²) in [6.07, 6.45) is 1.74. The largest absolute Gasteiger partial charge is 0.405 e. The second-order valence-electron chi connectivity index (χ2n) is 3.61. The van der Waals surface area contributed by atoms with E-state index in [1.807, 2.05) is 13.0 Å². The molecule has 0 amide bonds. The monoisotopic (exact) mass is 275 g/mol. The van der Waals surface area contributed by atoms with E-state index in [1.54, 1.807) is 13.3 Å². The normalized spacial score (nSPS) is 22.9. The van der Waals surface area contributed by atoms with E-state index in [0.29, 0.717) is 25.7 Å². The van der Waals surface area contributed by atoms with Crippen LogP contribution in [-0.4, -0.2) is 25.3 Å². The average Bonchev–Trinajstić information content (AvgIpc) is 2.30. The highest BCUT2D eigenvalue weighted by Gasteiger charge is 2.29. The van der Waals surface area contributed by atoms with Gasteiger partial charge in [-0.3, -0.25) is 9.05 Å². The Hall–Kier alpha value is -0.520. The lowest BCUT2D eigenvalue weighted by molar-refractivity contribution is 0.118. The van der Waals surface area contributed by atoms with Crippen LogP contribution in [0.25, 0.3) is 0 Å². The first-order valence-electron chi connectivity index (χ1n) is 5.16.